The van der Waals surface area contributed by atoms with Crippen LogP contribution in [-0.4, -0.2) is 0 Å². The van der Waals surface area contributed by atoms with E-state index >= 15 is 0 Å². The first-order valence-electron chi connectivity index (χ1n) is 0. The minimum Gasteiger partial charge on any atom is 0 e. The van der Waals surface area contributed by atoms with Crippen molar-refractivity contribution in [1.29, 1.82) is 0 Å². The minimum atomic E-state index is 0. The van der Waals surface area contributed by atoms with E-state index < -0.39 is 0 Å². The van der Waals surface area contributed by atoms with Crippen LogP contribution >= 0.6 is 0 Å². The van der Waals surface area contributed by atoms with Crippen molar-refractivity contribution in [2.24, 2.45) is 0 Å². The Labute approximate surface area is 109 Å². The first-order valence-corrected chi connectivity index (χ1v) is 0. The molecule has 0 saturated carbocycles. The monoisotopic (exact) mass is 534 g/mol. The third-order valence-corrected chi connectivity index (χ3v) is 0. The standard InChI is InChI=1S/4Cu.Mo.W. The van der Waals surface area contributed by atoms with E-state index in [0.717, 1.165) is 0 Å². The van der Waals surface area contributed by atoms with Gasteiger partial charge in [0.05, 0.1) is 0 Å². The van der Waals surface area contributed by atoms with Gasteiger partial charge in [-0.2, -0.15) is 0 Å². The molecule has 0 heterocycles. The van der Waals surface area contributed by atoms with Gasteiger partial charge in [0.1, 0.15) is 0 Å². The fourth-order valence-electron chi connectivity index (χ4n) is 0. The molecule has 0 amide bonds. The average Bonchev–Trinajstić information content (AvgIpc) is 0. The van der Waals surface area contributed by atoms with E-state index in [4.69, 9.17) is 0 Å². The largest absolute Gasteiger partial charge is 0 e. The van der Waals surface area contributed by atoms with Gasteiger partial charge in [-0.1, -0.05) is 0 Å². The molecular weight excluding hydrogens is 534 g/mol. The summed E-state index contributed by atoms with van der Waals surface area (Å²) in [5, 5.41) is 0. The minimum absolute atomic E-state index is 0. The molecule has 0 aromatic rings. The quantitative estimate of drug-likeness (QED) is 0.384. The van der Waals surface area contributed by atoms with E-state index in [2.05, 4.69) is 0 Å². The zero-order chi connectivity index (χ0) is 0. The molecule has 0 saturated heterocycles. The van der Waals surface area contributed by atoms with Crippen molar-refractivity contribution in [3.05, 3.63) is 0 Å². The van der Waals surface area contributed by atoms with Crippen molar-refractivity contribution in [3.8, 4) is 0 Å². The van der Waals surface area contributed by atoms with Gasteiger partial charge in [-0.25, -0.2) is 0 Å². The molecule has 4 radical (unpaired) electrons. The molecule has 0 aliphatic heterocycles. The SMILES string of the molecule is [Cu].[Cu].[Cu].[Cu].[Mo].[W]. The normalized spacial score (nSPS) is 0. The first-order chi connectivity index (χ1) is 0. The van der Waals surface area contributed by atoms with Crippen molar-refractivity contribution in [3.63, 3.8) is 0 Å². The second-order valence-electron chi connectivity index (χ2n) is 0. The van der Waals surface area contributed by atoms with Crippen LogP contribution in [0.5, 0.6) is 0 Å². The zero-order valence-electron chi connectivity index (χ0n) is 2.02. The van der Waals surface area contributed by atoms with Gasteiger partial charge in [-0.3, -0.25) is 0 Å². The summed E-state index contributed by atoms with van der Waals surface area (Å²) in [4.78, 5) is 0. The Morgan fingerprint density at radius 2 is 0.500 bits per heavy atom. The molecule has 0 aliphatic rings. The predicted molar refractivity (Wildman–Crippen MR) is 0 cm³/mol. The summed E-state index contributed by atoms with van der Waals surface area (Å²) in [6.07, 6.45) is 0. The van der Waals surface area contributed by atoms with Crippen molar-refractivity contribution in [2.45, 2.75) is 0 Å². The molecule has 56 valence electrons. The van der Waals surface area contributed by atoms with Gasteiger partial charge in [-0.05, 0) is 0 Å². The molecule has 0 aliphatic carbocycles. The summed E-state index contributed by atoms with van der Waals surface area (Å²) < 4.78 is 0. The Kier molecular flexibility index (Phi) is 372. The molecule has 6 heteroatoms. The maximum absolute atomic E-state index is 0. The van der Waals surface area contributed by atoms with Gasteiger partial charge in [0.15, 0.2) is 0 Å². The summed E-state index contributed by atoms with van der Waals surface area (Å²) in [5.41, 5.74) is 0. The number of hydrogen-bond acceptors (Lipinski definition) is 0. The Morgan fingerprint density at radius 1 is 0.500 bits per heavy atom. The number of hydrogen-bond donors (Lipinski definition) is 0. The Hall–Kier alpha value is 3.45. The van der Waals surface area contributed by atoms with E-state index in [9.17, 15) is 0 Å². The van der Waals surface area contributed by atoms with Crippen LogP contribution in [0, 0.1) is 0 Å². The molecule has 0 rings (SSSR count). The van der Waals surface area contributed by atoms with Crippen LogP contribution in [0.4, 0.5) is 0 Å². The summed E-state index contributed by atoms with van der Waals surface area (Å²) in [5.74, 6) is 0. The Bertz CT molecular complexity index is 7.51. The van der Waals surface area contributed by atoms with Gasteiger partial charge in [0.25, 0.3) is 0 Å². The van der Waals surface area contributed by atoms with Gasteiger partial charge in [-0.15, -0.1) is 0 Å². The van der Waals surface area contributed by atoms with E-state index in [1.165, 1.54) is 0 Å². The molecule has 0 atom stereocenters. The summed E-state index contributed by atoms with van der Waals surface area (Å²) >= 11 is 0. The Morgan fingerprint density at radius 3 is 0.500 bits per heavy atom. The fourth-order valence-corrected chi connectivity index (χ4v) is 0. The number of rotatable bonds is 0. The summed E-state index contributed by atoms with van der Waals surface area (Å²) in [7, 11) is 0. The average molecular weight is 534 g/mol. The maximum Gasteiger partial charge on any atom is 0 e. The van der Waals surface area contributed by atoms with Gasteiger partial charge < -0.3 is 0 Å². The summed E-state index contributed by atoms with van der Waals surface area (Å²) in [6, 6.07) is 0. The van der Waals surface area contributed by atoms with E-state index in [1.54, 1.807) is 0 Å². The third kappa shape index (κ3) is 26.0. The van der Waals surface area contributed by atoms with Crippen LogP contribution in [0.2, 0.25) is 0 Å². The molecule has 0 fully saturated rings. The molecule has 0 unspecified atom stereocenters. The van der Waals surface area contributed by atoms with Gasteiger partial charge >= 0.3 is 0 Å². The second kappa shape index (κ2) is 39.4. The third-order valence-electron chi connectivity index (χ3n) is 0. The molecule has 0 bridgehead atoms. The summed E-state index contributed by atoms with van der Waals surface area (Å²) in [6.45, 7) is 0. The van der Waals surface area contributed by atoms with Crippen LogP contribution < -0.4 is 0 Å². The van der Waals surface area contributed by atoms with Crippen LogP contribution in [0.25, 0.3) is 0 Å². The molecule has 0 aromatic heterocycles. The van der Waals surface area contributed by atoms with E-state index in [1.807, 2.05) is 0 Å². The molecule has 6 heavy (non-hydrogen) atoms. The fraction of sp³-hybridized carbons (Fsp3) is 0. The van der Waals surface area contributed by atoms with Crippen molar-refractivity contribution in [2.75, 3.05) is 0 Å². The van der Waals surface area contributed by atoms with Crippen LogP contribution in [0.15, 0.2) is 0 Å². The van der Waals surface area contributed by atoms with E-state index in [-0.39, 0.29) is 110 Å². The molecule has 0 nitrogen and oxygen atoms in total. The van der Waals surface area contributed by atoms with E-state index in [0.29, 0.717) is 0 Å². The van der Waals surface area contributed by atoms with Gasteiger partial charge in [0.2, 0.25) is 0 Å². The second-order valence-corrected chi connectivity index (χ2v) is 0. The van der Waals surface area contributed by atoms with Crippen LogP contribution in [0.1, 0.15) is 0 Å². The maximum atomic E-state index is 0. The Balaban J connectivity index is 0. The van der Waals surface area contributed by atoms with Crippen LogP contribution in [-0.2, 0) is 110 Å². The zero-order valence-corrected chi connectivity index (χ0v) is 10.7. The topological polar surface area (TPSA) is 0 Å². The molecular formula is Cu4MoW. The molecule has 0 aromatic carbocycles. The predicted octanol–water partition coefficient (Wildman–Crippen LogP) is -0.0150. The van der Waals surface area contributed by atoms with Crippen molar-refractivity contribution < 1.29 is 110 Å². The smallest absolute Gasteiger partial charge is 0 e. The van der Waals surface area contributed by atoms with Gasteiger partial charge in [0, 0.05) is 110 Å². The van der Waals surface area contributed by atoms with Crippen molar-refractivity contribution in [1.82, 2.24) is 0 Å². The van der Waals surface area contributed by atoms with Crippen LogP contribution in [0.3, 0.4) is 0 Å². The molecule has 0 N–H and O–H groups in total. The first kappa shape index (κ1) is 56.6. The molecule has 0 spiro atoms. The van der Waals surface area contributed by atoms with Crippen molar-refractivity contribution >= 4 is 0 Å².